The molecule has 4 heterocycles. The highest BCUT2D eigenvalue weighted by Crippen LogP contribution is 2.33. The molecule has 0 saturated heterocycles. The van der Waals surface area contributed by atoms with Crippen molar-refractivity contribution in [2.45, 2.75) is 6.54 Å². The zero-order valence-corrected chi connectivity index (χ0v) is 14.0. The van der Waals surface area contributed by atoms with Crippen molar-refractivity contribution < 1.29 is 4.79 Å². The molecule has 7 nitrogen and oxygen atoms in total. The Hall–Kier alpha value is -3.48. The summed E-state index contributed by atoms with van der Waals surface area (Å²) >= 11 is 0. The third kappa shape index (κ3) is 2.21. The molecule has 2 aliphatic heterocycles. The molecule has 0 unspecified atom stereocenters. The highest BCUT2D eigenvalue weighted by atomic mass is 16.2. The Morgan fingerprint density at radius 1 is 1.04 bits per heavy atom. The summed E-state index contributed by atoms with van der Waals surface area (Å²) in [6, 6.07) is 13.6. The maximum absolute atomic E-state index is 13.2. The third-order valence-electron chi connectivity index (χ3n) is 4.61. The number of anilines is 1. The Morgan fingerprint density at radius 2 is 1.92 bits per heavy atom. The smallest absolute Gasteiger partial charge is 0.276 e. The Morgan fingerprint density at radius 3 is 2.73 bits per heavy atom. The first-order valence-electron chi connectivity index (χ1n) is 8.49. The van der Waals surface area contributed by atoms with Gasteiger partial charge < -0.3 is 0 Å². The van der Waals surface area contributed by atoms with Gasteiger partial charge in [0.15, 0.2) is 5.82 Å². The van der Waals surface area contributed by atoms with Crippen LogP contribution in [0.15, 0.2) is 66.0 Å². The molecule has 2 aromatic heterocycles. The molecule has 1 aromatic carbocycles. The minimum atomic E-state index is -0.0738. The first-order chi connectivity index (χ1) is 12.8. The monoisotopic (exact) mass is 344 g/mol. The van der Waals surface area contributed by atoms with Gasteiger partial charge in [0.25, 0.3) is 0 Å². The van der Waals surface area contributed by atoms with Crippen molar-refractivity contribution in [1.29, 1.82) is 0 Å². The number of carbonyl (C=O) groups excluding carboxylic acids is 1. The number of fused-ring (bicyclic) bond motifs is 3. The SMILES string of the molecule is O=C1N2CCN=C2c2cnn(-c3ccccc3)c2N1Cc1cccnc1. The van der Waals surface area contributed by atoms with E-state index in [4.69, 9.17) is 0 Å². The lowest BCUT2D eigenvalue weighted by molar-refractivity contribution is 0.228. The summed E-state index contributed by atoms with van der Waals surface area (Å²) in [4.78, 5) is 25.4. The van der Waals surface area contributed by atoms with Crippen molar-refractivity contribution in [2.24, 2.45) is 4.99 Å². The van der Waals surface area contributed by atoms with Gasteiger partial charge in [0, 0.05) is 18.9 Å². The van der Waals surface area contributed by atoms with E-state index in [1.807, 2.05) is 47.1 Å². The number of rotatable bonds is 3. The minimum Gasteiger partial charge on any atom is -0.276 e. The predicted octanol–water partition coefficient (Wildman–Crippen LogP) is 2.47. The predicted molar refractivity (Wildman–Crippen MR) is 97.5 cm³/mol. The average molecular weight is 344 g/mol. The number of urea groups is 1. The van der Waals surface area contributed by atoms with Crippen molar-refractivity contribution in [3.63, 3.8) is 0 Å². The van der Waals surface area contributed by atoms with Gasteiger partial charge in [0.05, 0.1) is 30.5 Å². The molecular formula is C19H16N6O. The van der Waals surface area contributed by atoms with Crippen LogP contribution < -0.4 is 4.90 Å². The zero-order chi connectivity index (χ0) is 17.5. The van der Waals surface area contributed by atoms with Gasteiger partial charge in [-0.25, -0.2) is 9.48 Å². The van der Waals surface area contributed by atoms with Crippen LogP contribution in [0.3, 0.4) is 0 Å². The summed E-state index contributed by atoms with van der Waals surface area (Å²) in [5.74, 6) is 1.47. The number of amides is 2. The van der Waals surface area contributed by atoms with Gasteiger partial charge >= 0.3 is 6.03 Å². The molecule has 0 spiro atoms. The van der Waals surface area contributed by atoms with E-state index in [0.29, 0.717) is 19.6 Å². The number of aromatic nitrogens is 3. The van der Waals surface area contributed by atoms with E-state index in [-0.39, 0.29) is 6.03 Å². The van der Waals surface area contributed by atoms with Gasteiger partial charge in [0.1, 0.15) is 5.84 Å². The molecule has 0 aliphatic carbocycles. The van der Waals surface area contributed by atoms with Gasteiger partial charge in [-0.15, -0.1) is 0 Å². The second kappa shape index (κ2) is 5.80. The van der Waals surface area contributed by atoms with E-state index in [1.165, 1.54) is 0 Å². The van der Waals surface area contributed by atoms with Gasteiger partial charge in [-0.3, -0.25) is 19.8 Å². The maximum Gasteiger partial charge on any atom is 0.331 e. The summed E-state index contributed by atoms with van der Waals surface area (Å²) in [5.41, 5.74) is 2.76. The van der Waals surface area contributed by atoms with E-state index in [0.717, 1.165) is 28.5 Å². The van der Waals surface area contributed by atoms with Crippen LogP contribution in [-0.4, -0.2) is 44.6 Å². The zero-order valence-electron chi connectivity index (χ0n) is 14.0. The fourth-order valence-electron chi connectivity index (χ4n) is 3.43. The Kier molecular flexibility index (Phi) is 3.31. The summed E-state index contributed by atoms with van der Waals surface area (Å²) in [6.07, 6.45) is 5.30. The molecule has 2 amide bonds. The van der Waals surface area contributed by atoms with E-state index in [2.05, 4.69) is 15.1 Å². The average Bonchev–Trinajstić information content (AvgIpc) is 3.34. The minimum absolute atomic E-state index is 0.0738. The quantitative estimate of drug-likeness (QED) is 0.733. The van der Waals surface area contributed by atoms with Gasteiger partial charge in [-0.05, 0) is 23.8 Å². The van der Waals surface area contributed by atoms with Crippen LogP contribution in [0.1, 0.15) is 11.1 Å². The first-order valence-corrected chi connectivity index (χ1v) is 8.49. The maximum atomic E-state index is 13.2. The molecule has 26 heavy (non-hydrogen) atoms. The van der Waals surface area contributed by atoms with E-state index in [9.17, 15) is 4.79 Å². The van der Waals surface area contributed by atoms with Gasteiger partial charge in [-0.1, -0.05) is 24.3 Å². The number of para-hydroxylation sites is 1. The lowest BCUT2D eigenvalue weighted by atomic mass is 10.2. The molecule has 0 atom stereocenters. The Labute approximate surface area is 150 Å². The molecule has 0 N–H and O–H groups in total. The largest absolute Gasteiger partial charge is 0.331 e. The Balaban J connectivity index is 1.67. The van der Waals surface area contributed by atoms with Crippen LogP contribution in [0.4, 0.5) is 10.6 Å². The lowest BCUT2D eigenvalue weighted by Crippen LogP contribution is -2.49. The second-order valence-electron chi connectivity index (χ2n) is 6.22. The fraction of sp³-hybridized carbons (Fsp3) is 0.158. The van der Waals surface area contributed by atoms with Crippen LogP contribution in [0.2, 0.25) is 0 Å². The second-order valence-corrected chi connectivity index (χ2v) is 6.22. The molecule has 7 heteroatoms. The van der Waals surface area contributed by atoms with E-state index in [1.54, 1.807) is 28.4 Å². The van der Waals surface area contributed by atoms with Gasteiger partial charge in [-0.2, -0.15) is 5.10 Å². The number of benzene rings is 1. The highest BCUT2D eigenvalue weighted by Gasteiger charge is 2.40. The van der Waals surface area contributed by atoms with Crippen LogP contribution in [0.5, 0.6) is 0 Å². The molecule has 0 saturated carbocycles. The third-order valence-corrected chi connectivity index (χ3v) is 4.61. The van der Waals surface area contributed by atoms with Crippen molar-refractivity contribution in [3.05, 3.63) is 72.2 Å². The number of nitrogens with zero attached hydrogens (tertiary/aromatic N) is 6. The summed E-state index contributed by atoms with van der Waals surface area (Å²) in [7, 11) is 0. The van der Waals surface area contributed by atoms with E-state index < -0.39 is 0 Å². The van der Waals surface area contributed by atoms with E-state index >= 15 is 0 Å². The van der Waals surface area contributed by atoms with Crippen molar-refractivity contribution >= 4 is 17.7 Å². The molecule has 2 aliphatic rings. The molecular weight excluding hydrogens is 328 g/mol. The summed E-state index contributed by atoms with van der Waals surface area (Å²) in [6.45, 7) is 1.66. The number of aliphatic imine (C=N–C) groups is 1. The molecule has 3 aromatic rings. The number of hydrogen-bond acceptors (Lipinski definition) is 4. The summed E-state index contributed by atoms with van der Waals surface area (Å²) < 4.78 is 1.81. The van der Waals surface area contributed by atoms with Crippen LogP contribution >= 0.6 is 0 Å². The topological polar surface area (TPSA) is 66.6 Å². The summed E-state index contributed by atoms with van der Waals surface area (Å²) in [5, 5.41) is 4.55. The van der Waals surface area contributed by atoms with Crippen molar-refractivity contribution in [2.75, 3.05) is 18.0 Å². The first kappa shape index (κ1) is 14.8. The highest BCUT2D eigenvalue weighted by molar-refractivity contribution is 6.19. The van der Waals surface area contributed by atoms with Crippen LogP contribution in [-0.2, 0) is 6.54 Å². The Bertz CT molecular complexity index is 995. The van der Waals surface area contributed by atoms with Crippen LogP contribution in [0, 0.1) is 0 Å². The number of pyridine rings is 1. The molecule has 0 bridgehead atoms. The number of carbonyl (C=O) groups is 1. The van der Waals surface area contributed by atoms with Crippen molar-refractivity contribution in [3.8, 4) is 5.69 Å². The lowest BCUT2D eigenvalue weighted by Gasteiger charge is -2.34. The van der Waals surface area contributed by atoms with Crippen molar-refractivity contribution in [1.82, 2.24) is 19.7 Å². The van der Waals surface area contributed by atoms with Crippen LogP contribution in [0.25, 0.3) is 5.69 Å². The molecule has 0 radical (unpaired) electrons. The molecule has 128 valence electrons. The van der Waals surface area contributed by atoms with Gasteiger partial charge in [0.2, 0.25) is 0 Å². The fourth-order valence-corrected chi connectivity index (χ4v) is 3.43. The molecule has 5 rings (SSSR count). The normalized spacial score (nSPS) is 15.7. The number of hydrogen-bond donors (Lipinski definition) is 0. The standard InChI is InChI=1S/C19H16N6O/c26-19-23-10-9-21-17(23)16-12-22-25(15-6-2-1-3-7-15)18(16)24(19)13-14-5-4-8-20-11-14/h1-8,11-12H,9-10,13H2. The number of amidine groups is 1. The molecule has 0 fully saturated rings.